The van der Waals surface area contributed by atoms with Gasteiger partial charge in [0.25, 0.3) is 0 Å². The topological polar surface area (TPSA) is 87.7 Å². The second-order valence-electron chi connectivity index (χ2n) is 3.88. The van der Waals surface area contributed by atoms with E-state index in [0.29, 0.717) is 12.8 Å². The number of hydrogen-bond donors (Lipinski definition) is 3. The Balaban J connectivity index is 4.12. The first-order valence-electron chi connectivity index (χ1n) is 5.63. The van der Waals surface area contributed by atoms with Crippen molar-refractivity contribution in [3.63, 3.8) is 0 Å². The number of nitrogens with zero attached hydrogens (tertiary/aromatic N) is 1. The molecular weight excluding hydrogens is 251 g/mol. The predicted molar refractivity (Wildman–Crippen MR) is 60.1 cm³/mol. The van der Waals surface area contributed by atoms with E-state index in [2.05, 4.69) is 10.5 Å². The number of halogens is 3. The van der Waals surface area contributed by atoms with Crippen LogP contribution < -0.4 is 11.1 Å². The molecule has 0 saturated heterocycles. The fraction of sp³-hybridized carbons (Fsp3) is 0.800. The average molecular weight is 269 g/mol. The molecule has 0 rings (SSSR count). The Bertz CT molecular complexity index is 293. The van der Waals surface area contributed by atoms with Gasteiger partial charge < -0.3 is 16.3 Å². The van der Waals surface area contributed by atoms with E-state index in [1.54, 1.807) is 0 Å². The van der Waals surface area contributed by atoms with Crippen molar-refractivity contribution < 1.29 is 23.2 Å². The van der Waals surface area contributed by atoms with Crippen molar-refractivity contribution in [2.45, 2.75) is 38.8 Å². The highest BCUT2D eigenvalue weighted by Gasteiger charge is 2.27. The molecule has 0 spiro atoms. The van der Waals surface area contributed by atoms with Crippen LogP contribution in [0.3, 0.4) is 0 Å². The average Bonchev–Trinajstić information content (AvgIpc) is 2.29. The van der Waals surface area contributed by atoms with Gasteiger partial charge in [-0.05, 0) is 12.8 Å². The minimum Gasteiger partial charge on any atom is -0.409 e. The van der Waals surface area contributed by atoms with E-state index >= 15 is 0 Å². The highest BCUT2D eigenvalue weighted by molar-refractivity contribution is 6.01. The molecule has 0 saturated carbocycles. The molecular formula is C10H18F3N3O2. The van der Waals surface area contributed by atoms with Crippen LogP contribution in [0.4, 0.5) is 13.2 Å². The van der Waals surface area contributed by atoms with Gasteiger partial charge in [0.2, 0.25) is 5.91 Å². The lowest BCUT2D eigenvalue weighted by molar-refractivity contribution is -0.136. The Hall–Kier alpha value is -1.47. The molecule has 1 atom stereocenters. The molecule has 0 aliphatic carbocycles. The lowest BCUT2D eigenvalue weighted by Crippen LogP contribution is -2.39. The minimum absolute atomic E-state index is 0.0860. The lowest BCUT2D eigenvalue weighted by atomic mass is 10.0. The number of oxime groups is 1. The van der Waals surface area contributed by atoms with Gasteiger partial charge in [0.05, 0.1) is 5.92 Å². The summed E-state index contributed by atoms with van der Waals surface area (Å²) in [6, 6.07) is 0. The molecule has 106 valence electrons. The van der Waals surface area contributed by atoms with E-state index in [9.17, 15) is 18.0 Å². The molecule has 1 unspecified atom stereocenters. The first-order chi connectivity index (χ1) is 8.31. The van der Waals surface area contributed by atoms with Crippen molar-refractivity contribution in [1.29, 1.82) is 0 Å². The van der Waals surface area contributed by atoms with Gasteiger partial charge in [0.1, 0.15) is 0 Å². The Morgan fingerprint density at radius 1 is 1.50 bits per heavy atom. The fourth-order valence-corrected chi connectivity index (χ4v) is 1.40. The highest BCUT2D eigenvalue weighted by atomic mass is 19.4. The minimum atomic E-state index is -4.22. The van der Waals surface area contributed by atoms with Crippen LogP contribution in [-0.2, 0) is 4.79 Å². The maximum Gasteiger partial charge on any atom is 0.389 e. The quantitative estimate of drug-likeness (QED) is 0.216. The third kappa shape index (κ3) is 6.97. The van der Waals surface area contributed by atoms with Crippen LogP contribution in [0.15, 0.2) is 5.16 Å². The summed E-state index contributed by atoms with van der Waals surface area (Å²) in [6.07, 6.45) is -4.35. The molecule has 0 aromatic heterocycles. The summed E-state index contributed by atoms with van der Waals surface area (Å²) in [5.74, 6) is -1.55. The number of nitrogens with two attached hydrogens (primary N) is 1. The second kappa shape index (κ2) is 7.78. The number of nitrogens with one attached hydrogen (secondary N) is 1. The summed E-state index contributed by atoms with van der Waals surface area (Å²) in [5, 5.41) is 13.6. The fourth-order valence-electron chi connectivity index (χ4n) is 1.40. The van der Waals surface area contributed by atoms with Gasteiger partial charge in [-0.3, -0.25) is 4.79 Å². The van der Waals surface area contributed by atoms with Crippen molar-refractivity contribution in [3.05, 3.63) is 0 Å². The van der Waals surface area contributed by atoms with Gasteiger partial charge in [-0.25, -0.2) is 0 Å². The van der Waals surface area contributed by atoms with Crippen molar-refractivity contribution in [3.8, 4) is 0 Å². The molecule has 0 aliphatic heterocycles. The van der Waals surface area contributed by atoms with E-state index in [4.69, 9.17) is 10.9 Å². The molecule has 0 heterocycles. The third-order valence-corrected chi connectivity index (χ3v) is 2.30. The summed E-state index contributed by atoms with van der Waals surface area (Å²) in [5.41, 5.74) is 5.34. The van der Waals surface area contributed by atoms with Gasteiger partial charge in [-0.15, -0.1) is 0 Å². The zero-order valence-corrected chi connectivity index (χ0v) is 10.1. The summed E-state index contributed by atoms with van der Waals surface area (Å²) < 4.78 is 35.6. The van der Waals surface area contributed by atoms with Crippen LogP contribution in [0.2, 0.25) is 0 Å². The molecule has 4 N–H and O–H groups in total. The van der Waals surface area contributed by atoms with E-state index in [-0.39, 0.29) is 18.8 Å². The van der Waals surface area contributed by atoms with Gasteiger partial charge in [-0.1, -0.05) is 18.5 Å². The van der Waals surface area contributed by atoms with Crippen LogP contribution >= 0.6 is 0 Å². The lowest BCUT2D eigenvalue weighted by Gasteiger charge is -2.14. The number of carbonyl (C=O) groups is 1. The smallest absolute Gasteiger partial charge is 0.389 e. The van der Waals surface area contributed by atoms with E-state index in [1.165, 1.54) is 0 Å². The number of carbonyl (C=O) groups excluding carboxylic acids is 1. The normalized spacial score (nSPS) is 14.3. The third-order valence-electron chi connectivity index (χ3n) is 2.30. The van der Waals surface area contributed by atoms with E-state index in [1.807, 2.05) is 6.92 Å². The molecule has 8 heteroatoms. The number of amides is 1. The molecule has 0 aliphatic rings. The molecule has 0 aromatic rings. The predicted octanol–water partition coefficient (Wildman–Crippen LogP) is 1.61. The summed E-state index contributed by atoms with van der Waals surface area (Å²) >= 11 is 0. The van der Waals surface area contributed by atoms with Crippen molar-refractivity contribution in [2.24, 2.45) is 16.8 Å². The number of hydrogen-bond acceptors (Lipinski definition) is 3. The SMILES string of the molecule is CCCC(C(=O)NCCCC(F)(F)F)C(N)=NO. The van der Waals surface area contributed by atoms with Crippen molar-refractivity contribution in [2.75, 3.05) is 6.54 Å². The monoisotopic (exact) mass is 269 g/mol. The summed E-state index contributed by atoms with van der Waals surface area (Å²) in [6.45, 7) is 1.73. The van der Waals surface area contributed by atoms with Crippen LogP contribution in [0.5, 0.6) is 0 Å². The molecule has 0 bridgehead atoms. The standard InChI is InChI=1S/C10H18F3N3O2/c1-2-4-7(8(14)16-18)9(17)15-6-3-5-10(11,12)13/h7,18H,2-6H2,1H3,(H2,14,16)(H,15,17). The Morgan fingerprint density at radius 2 is 2.11 bits per heavy atom. The molecule has 0 fully saturated rings. The van der Waals surface area contributed by atoms with Gasteiger partial charge in [0.15, 0.2) is 5.84 Å². The number of alkyl halides is 3. The molecule has 1 amide bonds. The van der Waals surface area contributed by atoms with Gasteiger partial charge in [0, 0.05) is 13.0 Å². The van der Waals surface area contributed by atoms with Crippen LogP contribution in [-0.4, -0.2) is 29.7 Å². The maximum absolute atomic E-state index is 11.9. The first-order valence-corrected chi connectivity index (χ1v) is 5.63. The van der Waals surface area contributed by atoms with E-state index < -0.39 is 24.4 Å². The molecule has 0 radical (unpaired) electrons. The first kappa shape index (κ1) is 16.5. The maximum atomic E-state index is 11.9. The highest BCUT2D eigenvalue weighted by Crippen LogP contribution is 2.20. The Labute approximate surface area is 103 Å². The Morgan fingerprint density at radius 3 is 2.56 bits per heavy atom. The summed E-state index contributed by atoms with van der Waals surface area (Å²) in [7, 11) is 0. The van der Waals surface area contributed by atoms with Crippen molar-refractivity contribution in [1.82, 2.24) is 5.32 Å². The zero-order valence-electron chi connectivity index (χ0n) is 10.1. The van der Waals surface area contributed by atoms with Gasteiger partial charge >= 0.3 is 6.18 Å². The zero-order chi connectivity index (χ0) is 14.2. The molecule has 0 aromatic carbocycles. The Kier molecular flexibility index (Phi) is 7.14. The van der Waals surface area contributed by atoms with Crippen LogP contribution in [0, 0.1) is 5.92 Å². The number of amidine groups is 1. The van der Waals surface area contributed by atoms with Crippen LogP contribution in [0.1, 0.15) is 32.6 Å². The largest absolute Gasteiger partial charge is 0.409 e. The van der Waals surface area contributed by atoms with Crippen molar-refractivity contribution >= 4 is 11.7 Å². The van der Waals surface area contributed by atoms with Crippen LogP contribution in [0.25, 0.3) is 0 Å². The van der Waals surface area contributed by atoms with Gasteiger partial charge in [-0.2, -0.15) is 13.2 Å². The van der Waals surface area contributed by atoms with E-state index in [0.717, 1.165) is 0 Å². The molecule has 5 nitrogen and oxygen atoms in total. The summed E-state index contributed by atoms with van der Waals surface area (Å²) in [4.78, 5) is 11.6. The molecule has 18 heavy (non-hydrogen) atoms. The second-order valence-corrected chi connectivity index (χ2v) is 3.88. The number of rotatable bonds is 7.